The number of hydrogen-bond acceptors (Lipinski definition) is 0. The largest absolute Gasteiger partial charge is 0.194 e. The highest BCUT2D eigenvalue weighted by atomic mass is 127. The Bertz CT molecular complexity index is 246. The van der Waals surface area contributed by atoms with Gasteiger partial charge < -0.3 is 0 Å². The van der Waals surface area contributed by atoms with Gasteiger partial charge in [-0.3, -0.25) is 0 Å². The van der Waals surface area contributed by atoms with E-state index in [9.17, 15) is 0 Å². The molecule has 0 aliphatic rings. The highest BCUT2D eigenvalue weighted by Crippen LogP contribution is 2.20. The number of rotatable bonds is 12. The van der Waals surface area contributed by atoms with Crippen molar-refractivity contribution >= 4 is 27.4 Å². The Morgan fingerprint density at radius 1 is 0.650 bits per heavy atom. The first kappa shape index (κ1) is 20.2. The molecule has 0 atom stereocenters. The smallest absolute Gasteiger partial charge is 0.102 e. The lowest BCUT2D eigenvalue weighted by Crippen LogP contribution is -2.17. The molecule has 2 heteroatoms. The van der Waals surface area contributed by atoms with Crippen molar-refractivity contribution in [2.45, 2.75) is 78.6 Å². The van der Waals surface area contributed by atoms with Crippen LogP contribution in [-0.2, 0) is 0 Å². The maximum atomic E-state index is 2.71. The number of halogens is 1. The second kappa shape index (κ2) is 14.1. The molecule has 0 aromatic heterocycles. The summed E-state index contributed by atoms with van der Waals surface area (Å²) in [5, 5.41) is 0. The van der Waals surface area contributed by atoms with Gasteiger partial charge in [-0.25, -0.2) is 0 Å². The van der Waals surface area contributed by atoms with Gasteiger partial charge in [0.25, 0.3) is 0 Å². The van der Waals surface area contributed by atoms with E-state index < -0.39 is 5.57 Å². The summed E-state index contributed by atoms with van der Waals surface area (Å²) < 4.78 is 0. The van der Waals surface area contributed by atoms with E-state index in [1.165, 1.54) is 57.8 Å². The van der Waals surface area contributed by atoms with Gasteiger partial charge in [0.15, 0.2) is 5.57 Å². The second-order valence-corrected chi connectivity index (χ2v) is 13.7. The van der Waals surface area contributed by atoms with Crippen LogP contribution in [0.2, 0.25) is 0 Å². The summed E-state index contributed by atoms with van der Waals surface area (Å²) in [4.78, 5) is 0. The lowest BCUT2D eigenvalue weighted by atomic mass is 10.2. The molecule has 0 heterocycles. The molecule has 0 nitrogen and oxygen atoms in total. The van der Waals surface area contributed by atoms with E-state index in [1.807, 2.05) is 0 Å². The molecular formula is C18H33ISi. The third-order valence-corrected chi connectivity index (χ3v) is 8.77. The molecule has 0 fully saturated rings. The summed E-state index contributed by atoms with van der Waals surface area (Å²) in [6.07, 6.45) is 18.8. The standard InChI is InChI=1S/C18H33ISi/c1-4-7-10-13-16-20(19,17-14-11-8-5-2)18-15-12-9-6-3/h13-18H,4-12H2,1-3H3. The summed E-state index contributed by atoms with van der Waals surface area (Å²) in [5.41, 5.74) is 6.05. The van der Waals surface area contributed by atoms with Crippen molar-refractivity contribution in [3.8, 4) is 0 Å². The van der Waals surface area contributed by atoms with Crippen LogP contribution in [0, 0.1) is 0 Å². The number of allylic oxidation sites excluding steroid dienone is 3. The molecule has 0 aliphatic heterocycles. The minimum absolute atomic E-state index is 1.24. The van der Waals surface area contributed by atoms with Crippen LogP contribution in [0.5, 0.6) is 0 Å². The van der Waals surface area contributed by atoms with Crippen molar-refractivity contribution in [3.63, 3.8) is 0 Å². The monoisotopic (exact) mass is 404 g/mol. The van der Waals surface area contributed by atoms with Crippen LogP contribution in [-0.4, -0.2) is 5.57 Å². The molecular weight excluding hydrogens is 371 g/mol. The molecule has 0 spiro atoms. The van der Waals surface area contributed by atoms with Crippen LogP contribution in [0.3, 0.4) is 0 Å². The molecule has 0 amide bonds. The predicted molar refractivity (Wildman–Crippen MR) is 106 cm³/mol. The van der Waals surface area contributed by atoms with Crippen molar-refractivity contribution in [3.05, 3.63) is 35.3 Å². The van der Waals surface area contributed by atoms with Gasteiger partial charge in [-0.15, -0.1) is 21.8 Å². The Kier molecular flexibility index (Phi) is 14.2. The average molecular weight is 404 g/mol. The SMILES string of the molecule is CCCCC=C[Si](I)(C=CCCCC)C=CCCCC. The van der Waals surface area contributed by atoms with Gasteiger partial charge in [-0.1, -0.05) is 94.6 Å². The van der Waals surface area contributed by atoms with Gasteiger partial charge in [-0.05, 0) is 19.3 Å². The third kappa shape index (κ3) is 11.9. The van der Waals surface area contributed by atoms with E-state index >= 15 is 0 Å². The average Bonchev–Trinajstić information content (AvgIpc) is 2.45. The van der Waals surface area contributed by atoms with Gasteiger partial charge >= 0.3 is 0 Å². The normalized spacial score (nSPS) is 15.6. The summed E-state index contributed by atoms with van der Waals surface area (Å²) in [7, 11) is 0. The van der Waals surface area contributed by atoms with Crippen molar-refractivity contribution < 1.29 is 0 Å². The van der Waals surface area contributed by atoms with Gasteiger partial charge in [0.2, 0.25) is 0 Å². The van der Waals surface area contributed by atoms with Crippen LogP contribution in [0.4, 0.5) is 0 Å². The predicted octanol–water partition coefficient (Wildman–Crippen LogP) is 7.22. The molecule has 0 bridgehead atoms. The first-order valence-corrected chi connectivity index (χ1v) is 13.7. The maximum Gasteiger partial charge on any atom is 0.194 e. The minimum atomic E-state index is -1.47. The van der Waals surface area contributed by atoms with Crippen LogP contribution >= 0.6 is 21.8 Å². The molecule has 0 saturated heterocycles. The van der Waals surface area contributed by atoms with E-state index in [4.69, 9.17) is 0 Å². The van der Waals surface area contributed by atoms with E-state index in [2.05, 4.69) is 77.9 Å². The van der Waals surface area contributed by atoms with Crippen molar-refractivity contribution in [2.24, 2.45) is 0 Å². The zero-order valence-electron chi connectivity index (χ0n) is 13.7. The quantitative estimate of drug-likeness (QED) is 0.139. The molecule has 0 N–H and O–H groups in total. The fourth-order valence-corrected chi connectivity index (χ4v) is 6.13. The Hall–Kier alpha value is 0.167. The topological polar surface area (TPSA) is 0 Å². The molecule has 0 rings (SSSR count). The molecule has 0 aliphatic carbocycles. The second-order valence-electron chi connectivity index (χ2n) is 5.46. The van der Waals surface area contributed by atoms with E-state index in [0.717, 1.165) is 0 Å². The molecule has 0 saturated carbocycles. The van der Waals surface area contributed by atoms with Gasteiger partial charge in [0.1, 0.15) is 0 Å². The highest BCUT2D eigenvalue weighted by molar-refractivity contribution is 14.1. The number of hydrogen-bond donors (Lipinski definition) is 0. The van der Waals surface area contributed by atoms with E-state index in [-0.39, 0.29) is 0 Å². The fourth-order valence-electron chi connectivity index (χ4n) is 1.92. The molecule has 0 aromatic carbocycles. The lowest BCUT2D eigenvalue weighted by Gasteiger charge is -2.12. The summed E-state index contributed by atoms with van der Waals surface area (Å²) in [6, 6.07) is 0. The highest BCUT2D eigenvalue weighted by Gasteiger charge is 2.18. The lowest BCUT2D eigenvalue weighted by molar-refractivity contribution is 0.814. The Morgan fingerprint density at radius 3 is 1.20 bits per heavy atom. The zero-order valence-corrected chi connectivity index (χ0v) is 16.9. The summed E-state index contributed by atoms with van der Waals surface area (Å²) >= 11 is 2.71. The maximum absolute atomic E-state index is 2.71. The van der Waals surface area contributed by atoms with Gasteiger partial charge in [0, 0.05) is 0 Å². The first-order valence-electron chi connectivity index (χ1n) is 8.40. The van der Waals surface area contributed by atoms with Gasteiger partial charge in [-0.2, -0.15) is 0 Å². The third-order valence-electron chi connectivity index (χ3n) is 3.29. The first-order chi connectivity index (χ1) is 9.68. The summed E-state index contributed by atoms with van der Waals surface area (Å²) in [6.45, 7) is 6.79. The van der Waals surface area contributed by atoms with Crippen LogP contribution < -0.4 is 0 Å². The zero-order chi connectivity index (χ0) is 15.1. The minimum Gasteiger partial charge on any atom is -0.102 e. The van der Waals surface area contributed by atoms with E-state index in [0.29, 0.717) is 0 Å². The molecule has 0 radical (unpaired) electrons. The molecule has 0 aromatic rings. The summed E-state index contributed by atoms with van der Waals surface area (Å²) in [5.74, 6) is 0. The Morgan fingerprint density at radius 2 is 0.950 bits per heavy atom. The Balaban J connectivity index is 4.52. The molecule has 20 heavy (non-hydrogen) atoms. The van der Waals surface area contributed by atoms with Gasteiger partial charge in [0.05, 0.1) is 0 Å². The van der Waals surface area contributed by atoms with Crippen LogP contribution in [0.15, 0.2) is 35.3 Å². The van der Waals surface area contributed by atoms with Crippen molar-refractivity contribution in [1.82, 2.24) is 0 Å². The van der Waals surface area contributed by atoms with Crippen LogP contribution in [0.1, 0.15) is 78.6 Å². The van der Waals surface area contributed by atoms with E-state index in [1.54, 1.807) is 0 Å². The Labute approximate surface area is 141 Å². The van der Waals surface area contributed by atoms with Crippen molar-refractivity contribution in [2.75, 3.05) is 0 Å². The fraction of sp³-hybridized carbons (Fsp3) is 0.667. The number of unbranched alkanes of at least 4 members (excludes halogenated alkanes) is 6. The van der Waals surface area contributed by atoms with Crippen molar-refractivity contribution in [1.29, 1.82) is 0 Å². The molecule has 116 valence electrons. The van der Waals surface area contributed by atoms with Crippen LogP contribution in [0.25, 0.3) is 0 Å². The molecule has 0 unspecified atom stereocenters.